The zero-order valence-electron chi connectivity index (χ0n) is 12.4. The first-order chi connectivity index (χ1) is 10.9. The molecule has 114 valence electrons. The Labute approximate surface area is 129 Å². The number of nitrogens with zero attached hydrogens (tertiary/aromatic N) is 7. The Balaban J connectivity index is 1.29. The van der Waals surface area contributed by atoms with Crippen molar-refractivity contribution in [3.63, 3.8) is 0 Å². The summed E-state index contributed by atoms with van der Waals surface area (Å²) in [4.78, 5) is 24.3. The molecule has 7 nitrogen and oxygen atoms in total. The summed E-state index contributed by atoms with van der Waals surface area (Å²) >= 11 is 0. The van der Waals surface area contributed by atoms with Crippen LogP contribution in [0.4, 0.5) is 11.9 Å². The number of hydrogen-bond acceptors (Lipinski definition) is 7. The zero-order chi connectivity index (χ0) is 14.8. The molecule has 0 unspecified atom stereocenters. The largest absolute Gasteiger partial charge is 0.338 e. The van der Waals surface area contributed by atoms with E-state index in [4.69, 9.17) is 0 Å². The molecule has 2 saturated heterocycles. The molecule has 0 bridgehead atoms. The van der Waals surface area contributed by atoms with E-state index in [9.17, 15) is 0 Å². The average molecular weight is 297 g/mol. The first-order valence-electron chi connectivity index (χ1n) is 7.68. The predicted molar refractivity (Wildman–Crippen MR) is 83.9 cm³/mol. The van der Waals surface area contributed by atoms with Crippen LogP contribution in [0.25, 0.3) is 0 Å². The molecule has 0 spiro atoms. The third-order valence-electron chi connectivity index (χ3n) is 4.36. The van der Waals surface area contributed by atoms with Crippen molar-refractivity contribution in [2.75, 3.05) is 49.1 Å². The van der Waals surface area contributed by atoms with Crippen molar-refractivity contribution >= 4 is 11.9 Å². The Morgan fingerprint density at radius 2 is 1.18 bits per heavy atom. The van der Waals surface area contributed by atoms with Crippen LogP contribution in [0.3, 0.4) is 0 Å². The molecule has 2 fully saturated rings. The van der Waals surface area contributed by atoms with Gasteiger partial charge in [-0.2, -0.15) is 0 Å². The summed E-state index contributed by atoms with van der Waals surface area (Å²) in [6.07, 6.45) is 7.21. The number of piperazine rings is 1. The topological polar surface area (TPSA) is 61.3 Å². The molecular formula is C15H19N7. The van der Waals surface area contributed by atoms with Crippen molar-refractivity contribution in [1.82, 2.24) is 24.8 Å². The normalized spacial score (nSPS) is 20.0. The van der Waals surface area contributed by atoms with Crippen LogP contribution >= 0.6 is 0 Å². The number of hydrogen-bond donors (Lipinski definition) is 0. The van der Waals surface area contributed by atoms with E-state index in [0.717, 1.165) is 51.2 Å². The summed E-state index contributed by atoms with van der Waals surface area (Å²) in [5.74, 6) is 1.69. The van der Waals surface area contributed by atoms with Gasteiger partial charge in [0.25, 0.3) is 0 Å². The van der Waals surface area contributed by atoms with E-state index in [1.165, 1.54) is 0 Å². The Hall–Kier alpha value is -2.28. The van der Waals surface area contributed by atoms with E-state index in [-0.39, 0.29) is 0 Å². The van der Waals surface area contributed by atoms with E-state index in [1.54, 1.807) is 24.8 Å². The lowest BCUT2D eigenvalue weighted by Crippen LogP contribution is -2.63. The molecule has 2 aliphatic rings. The lowest BCUT2D eigenvalue weighted by molar-refractivity contribution is 0.155. The van der Waals surface area contributed by atoms with Gasteiger partial charge in [-0.1, -0.05) is 0 Å². The van der Waals surface area contributed by atoms with Crippen LogP contribution in [0, 0.1) is 0 Å². The third kappa shape index (κ3) is 2.59. The Morgan fingerprint density at radius 1 is 0.682 bits per heavy atom. The van der Waals surface area contributed by atoms with Gasteiger partial charge in [-0.15, -0.1) is 0 Å². The fourth-order valence-electron chi connectivity index (χ4n) is 3.05. The number of rotatable bonds is 3. The number of anilines is 2. The maximum atomic E-state index is 4.33. The van der Waals surface area contributed by atoms with Gasteiger partial charge in [0.2, 0.25) is 11.9 Å². The van der Waals surface area contributed by atoms with Crippen molar-refractivity contribution in [1.29, 1.82) is 0 Å². The van der Waals surface area contributed by atoms with Crippen molar-refractivity contribution in [3.8, 4) is 0 Å². The van der Waals surface area contributed by atoms with Gasteiger partial charge < -0.3 is 9.80 Å². The molecule has 7 heteroatoms. The standard InChI is InChI=1S/C15H19N7/c1-3-16-14(17-4-1)21-9-7-20(8-10-21)13-11-22(12-13)15-18-5-2-6-19-15/h1-6,13H,7-12H2. The quantitative estimate of drug-likeness (QED) is 0.806. The van der Waals surface area contributed by atoms with E-state index in [0.29, 0.717) is 6.04 Å². The highest BCUT2D eigenvalue weighted by molar-refractivity contribution is 5.35. The minimum atomic E-state index is 0.614. The summed E-state index contributed by atoms with van der Waals surface area (Å²) in [5, 5.41) is 0. The fraction of sp³-hybridized carbons (Fsp3) is 0.467. The molecule has 4 rings (SSSR count). The summed E-state index contributed by atoms with van der Waals surface area (Å²) in [6, 6.07) is 4.32. The molecule has 0 N–H and O–H groups in total. The van der Waals surface area contributed by atoms with E-state index < -0.39 is 0 Å². The molecule has 0 amide bonds. The second-order valence-corrected chi connectivity index (χ2v) is 5.68. The first-order valence-corrected chi connectivity index (χ1v) is 7.68. The molecule has 2 aliphatic heterocycles. The van der Waals surface area contributed by atoms with Gasteiger partial charge >= 0.3 is 0 Å². The minimum absolute atomic E-state index is 0.614. The third-order valence-corrected chi connectivity index (χ3v) is 4.36. The molecule has 0 saturated carbocycles. The highest BCUT2D eigenvalue weighted by atomic mass is 15.4. The van der Waals surface area contributed by atoms with Gasteiger partial charge in [0.1, 0.15) is 0 Å². The predicted octanol–water partition coefficient (Wildman–Crippen LogP) is 0.277. The Morgan fingerprint density at radius 3 is 1.73 bits per heavy atom. The molecule has 0 radical (unpaired) electrons. The van der Waals surface area contributed by atoms with Gasteiger partial charge in [-0.3, -0.25) is 4.90 Å². The van der Waals surface area contributed by atoms with Crippen molar-refractivity contribution < 1.29 is 0 Å². The fourth-order valence-corrected chi connectivity index (χ4v) is 3.05. The van der Waals surface area contributed by atoms with Crippen LogP contribution < -0.4 is 9.80 Å². The van der Waals surface area contributed by atoms with Crippen LogP contribution in [0.15, 0.2) is 36.9 Å². The van der Waals surface area contributed by atoms with Crippen LogP contribution in [0.5, 0.6) is 0 Å². The highest BCUT2D eigenvalue weighted by Gasteiger charge is 2.34. The molecule has 0 atom stereocenters. The van der Waals surface area contributed by atoms with Gasteiger partial charge in [-0.25, -0.2) is 19.9 Å². The second kappa shape index (κ2) is 5.84. The van der Waals surface area contributed by atoms with Crippen molar-refractivity contribution in [2.24, 2.45) is 0 Å². The van der Waals surface area contributed by atoms with Crippen molar-refractivity contribution in [3.05, 3.63) is 36.9 Å². The van der Waals surface area contributed by atoms with Crippen LogP contribution in [0.1, 0.15) is 0 Å². The summed E-state index contributed by atoms with van der Waals surface area (Å²) in [6.45, 7) is 6.14. The van der Waals surface area contributed by atoms with Crippen LogP contribution in [-0.2, 0) is 0 Å². The zero-order valence-corrected chi connectivity index (χ0v) is 12.4. The van der Waals surface area contributed by atoms with E-state index in [2.05, 4.69) is 34.6 Å². The Kier molecular flexibility index (Phi) is 3.56. The maximum absolute atomic E-state index is 4.33. The minimum Gasteiger partial charge on any atom is -0.338 e. The van der Waals surface area contributed by atoms with Gasteiger partial charge in [0, 0.05) is 70.1 Å². The smallest absolute Gasteiger partial charge is 0.225 e. The van der Waals surface area contributed by atoms with Gasteiger partial charge in [-0.05, 0) is 12.1 Å². The molecular weight excluding hydrogens is 278 g/mol. The first kappa shape index (κ1) is 13.4. The molecule has 22 heavy (non-hydrogen) atoms. The monoisotopic (exact) mass is 297 g/mol. The van der Waals surface area contributed by atoms with E-state index in [1.807, 2.05) is 12.1 Å². The summed E-state index contributed by atoms with van der Waals surface area (Å²) in [5.41, 5.74) is 0. The maximum Gasteiger partial charge on any atom is 0.225 e. The average Bonchev–Trinajstić information content (AvgIpc) is 2.56. The lowest BCUT2D eigenvalue weighted by atomic mass is 10.1. The lowest BCUT2D eigenvalue weighted by Gasteiger charge is -2.48. The van der Waals surface area contributed by atoms with Crippen LogP contribution in [-0.4, -0.2) is 70.1 Å². The van der Waals surface area contributed by atoms with Gasteiger partial charge in [0.15, 0.2) is 0 Å². The molecule has 0 aromatic carbocycles. The number of aromatic nitrogens is 4. The highest BCUT2D eigenvalue weighted by Crippen LogP contribution is 2.21. The molecule has 4 heterocycles. The molecule has 2 aromatic heterocycles. The van der Waals surface area contributed by atoms with E-state index >= 15 is 0 Å². The second-order valence-electron chi connectivity index (χ2n) is 5.68. The molecule has 0 aliphatic carbocycles. The Bertz CT molecular complexity index is 592. The van der Waals surface area contributed by atoms with Gasteiger partial charge in [0.05, 0.1) is 0 Å². The van der Waals surface area contributed by atoms with Crippen LogP contribution in [0.2, 0.25) is 0 Å². The summed E-state index contributed by atoms with van der Waals surface area (Å²) < 4.78 is 0. The van der Waals surface area contributed by atoms with Crippen molar-refractivity contribution in [2.45, 2.75) is 6.04 Å². The SMILES string of the molecule is c1cnc(N2CCN(C3CN(c4ncccn4)C3)CC2)nc1. The molecule has 2 aromatic rings. The summed E-state index contributed by atoms with van der Waals surface area (Å²) in [7, 11) is 0.